The summed E-state index contributed by atoms with van der Waals surface area (Å²) in [6.45, 7) is 0.277. The first kappa shape index (κ1) is 20.0. The summed E-state index contributed by atoms with van der Waals surface area (Å²) < 4.78 is 8.69. The number of hydrogen-bond donors (Lipinski definition) is 2. The Morgan fingerprint density at radius 3 is 3.00 bits per heavy atom. The van der Waals surface area contributed by atoms with Crippen molar-refractivity contribution in [1.82, 2.24) is 29.0 Å². The fraction of sp³-hybridized carbons (Fsp3) is 0.174. The van der Waals surface area contributed by atoms with E-state index >= 15 is 0 Å². The van der Waals surface area contributed by atoms with E-state index in [-0.39, 0.29) is 18.7 Å². The fourth-order valence-corrected chi connectivity index (χ4v) is 5.16. The summed E-state index contributed by atoms with van der Waals surface area (Å²) in [6, 6.07) is 10.9. The number of carbonyl (C=O) groups excluding carboxylic acids is 1. The molecule has 4 heterocycles. The van der Waals surface area contributed by atoms with Crippen molar-refractivity contribution in [2.24, 2.45) is 15.3 Å². The smallest absolute Gasteiger partial charge is 0.328 e. The van der Waals surface area contributed by atoms with Gasteiger partial charge in [0.15, 0.2) is 0 Å². The van der Waals surface area contributed by atoms with Crippen LogP contribution < -0.4 is 10.2 Å². The maximum Gasteiger partial charge on any atom is 0.328 e. The molecule has 1 aliphatic carbocycles. The summed E-state index contributed by atoms with van der Waals surface area (Å²) in [7, 11) is 0. The van der Waals surface area contributed by atoms with E-state index in [0.29, 0.717) is 5.84 Å². The van der Waals surface area contributed by atoms with Gasteiger partial charge in [-0.15, -0.1) is 5.11 Å². The Bertz CT molecular complexity index is 1600. The largest absolute Gasteiger partial charge is 0.345 e. The lowest BCUT2D eigenvalue weighted by atomic mass is 10.0. The summed E-state index contributed by atoms with van der Waals surface area (Å²) >= 11 is 1.16. The van der Waals surface area contributed by atoms with Crippen LogP contribution in [-0.2, 0) is 0 Å². The van der Waals surface area contributed by atoms with Crippen LogP contribution >= 0.6 is 11.7 Å². The number of carbonyl (C=O) groups is 1. The Morgan fingerprint density at radius 2 is 2.03 bits per heavy atom. The monoisotopic (exact) mass is 482 g/mol. The van der Waals surface area contributed by atoms with Crippen LogP contribution in [0.2, 0.25) is 0 Å². The molecule has 2 atom stereocenters. The van der Waals surface area contributed by atoms with E-state index in [4.69, 9.17) is 4.99 Å². The van der Waals surface area contributed by atoms with Gasteiger partial charge in [-0.2, -0.15) is 8.75 Å². The molecule has 2 N–H and O–H groups in total. The number of H-pyrrole nitrogens is 1. The molecule has 172 valence electrons. The molecule has 35 heavy (non-hydrogen) atoms. The summed E-state index contributed by atoms with van der Waals surface area (Å²) in [5.74, 6) is 0.543. The standard InChI is InChI=1S/C23H18N10OS/c34-23-27-22(26-12-32-20-4-2-1-3-17(20)28-31-32)21(13-5-7-16-19(9-13)30-35-29-16)33(23)14-6-8-15-18(10-14)25-11-24-15/h1-3,5-11,20-21H,4,12H2,(H,24,25)(H,26,27,34). The number of aliphatic imine (C=N–C) groups is 1. The molecule has 12 heteroatoms. The zero-order valence-corrected chi connectivity index (χ0v) is 19.1. The maximum atomic E-state index is 13.3. The minimum Gasteiger partial charge on any atom is -0.345 e. The number of amides is 2. The predicted molar refractivity (Wildman–Crippen MR) is 132 cm³/mol. The number of nitrogens with zero attached hydrogens (tertiary/aromatic N) is 8. The minimum atomic E-state index is -0.463. The lowest BCUT2D eigenvalue weighted by molar-refractivity contribution is 0.252. The number of nitrogens with one attached hydrogen (secondary N) is 2. The number of benzene rings is 2. The SMILES string of the molecule is O=C1NC(=NCN2N=NC3=CC=CCC32)C(c2ccc3nsnc3c2)N1c1ccc2nc[nH]c2c1. The number of hydrogen-bond acceptors (Lipinski definition) is 9. The molecule has 4 aromatic rings. The van der Waals surface area contributed by atoms with Gasteiger partial charge in [0.25, 0.3) is 0 Å². The van der Waals surface area contributed by atoms with Crippen LogP contribution in [0.15, 0.2) is 82.0 Å². The number of amidine groups is 1. The van der Waals surface area contributed by atoms with Gasteiger partial charge in [0.05, 0.1) is 40.8 Å². The number of aromatic amines is 1. The Labute approximate surface area is 202 Å². The highest BCUT2D eigenvalue weighted by atomic mass is 32.1. The molecule has 11 nitrogen and oxygen atoms in total. The highest BCUT2D eigenvalue weighted by Gasteiger charge is 2.39. The second-order valence-corrected chi connectivity index (χ2v) is 8.93. The number of rotatable bonds is 4. The van der Waals surface area contributed by atoms with Gasteiger partial charge in [-0.3, -0.25) is 10.2 Å². The summed E-state index contributed by atoms with van der Waals surface area (Å²) in [6.07, 6.45) is 8.51. The highest BCUT2D eigenvalue weighted by Crippen LogP contribution is 2.35. The number of anilines is 1. The molecule has 0 radical (unpaired) electrons. The number of fused-ring (bicyclic) bond motifs is 3. The van der Waals surface area contributed by atoms with Gasteiger partial charge in [0, 0.05) is 5.69 Å². The topological polar surface area (TPSA) is 127 Å². The number of imidazole rings is 1. The molecule has 7 rings (SSSR count). The van der Waals surface area contributed by atoms with E-state index in [0.717, 1.165) is 57.2 Å². The number of urea groups is 1. The van der Waals surface area contributed by atoms with E-state index in [9.17, 15) is 4.79 Å². The normalized spacial score (nSPS) is 22.5. The average molecular weight is 483 g/mol. The quantitative estimate of drug-likeness (QED) is 0.453. The van der Waals surface area contributed by atoms with Gasteiger partial charge in [-0.1, -0.05) is 23.4 Å². The third-order valence-electron chi connectivity index (χ3n) is 6.37. The van der Waals surface area contributed by atoms with Gasteiger partial charge in [0.2, 0.25) is 0 Å². The summed E-state index contributed by atoms with van der Waals surface area (Å²) in [5.41, 5.74) is 5.83. The second kappa shape index (κ2) is 7.81. The van der Waals surface area contributed by atoms with Crippen LogP contribution in [0.1, 0.15) is 18.0 Å². The third-order valence-corrected chi connectivity index (χ3v) is 6.93. The van der Waals surface area contributed by atoms with Crippen LogP contribution in [0.4, 0.5) is 10.5 Å². The summed E-state index contributed by atoms with van der Waals surface area (Å²) in [5, 5.41) is 13.4. The van der Waals surface area contributed by atoms with E-state index in [1.807, 2.05) is 53.6 Å². The van der Waals surface area contributed by atoms with Gasteiger partial charge in [-0.25, -0.2) is 19.8 Å². The molecule has 1 fully saturated rings. The molecule has 2 aromatic carbocycles. The van der Waals surface area contributed by atoms with Crippen LogP contribution in [0, 0.1) is 0 Å². The highest BCUT2D eigenvalue weighted by molar-refractivity contribution is 7.00. The zero-order valence-electron chi connectivity index (χ0n) is 18.2. The van der Waals surface area contributed by atoms with Crippen molar-refractivity contribution in [3.8, 4) is 0 Å². The average Bonchev–Trinajstić information content (AvgIpc) is 3.67. The van der Waals surface area contributed by atoms with Crippen molar-refractivity contribution in [3.63, 3.8) is 0 Å². The summed E-state index contributed by atoms with van der Waals surface area (Å²) in [4.78, 5) is 27.2. The van der Waals surface area contributed by atoms with E-state index in [1.54, 1.807) is 11.2 Å². The zero-order chi connectivity index (χ0) is 23.4. The van der Waals surface area contributed by atoms with Crippen molar-refractivity contribution in [2.45, 2.75) is 18.5 Å². The third kappa shape index (κ3) is 3.29. The first-order valence-corrected chi connectivity index (χ1v) is 11.8. The Kier molecular flexibility index (Phi) is 4.45. The van der Waals surface area contributed by atoms with Crippen molar-refractivity contribution in [1.29, 1.82) is 0 Å². The van der Waals surface area contributed by atoms with Crippen molar-refractivity contribution in [2.75, 3.05) is 11.6 Å². The van der Waals surface area contributed by atoms with Crippen LogP contribution in [-0.4, -0.2) is 48.3 Å². The molecular formula is C23H18N10OS. The Hall–Kier alpha value is -4.45. The number of allylic oxidation sites excluding steroid dienone is 2. The first-order valence-electron chi connectivity index (χ1n) is 11.1. The van der Waals surface area contributed by atoms with Crippen molar-refractivity contribution in [3.05, 3.63) is 72.2 Å². The van der Waals surface area contributed by atoms with Gasteiger partial charge < -0.3 is 4.98 Å². The molecule has 3 aliphatic rings. The predicted octanol–water partition coefficient (Wildman–Crippen LogP) is 4.09. The molecule has 1 saturated heterocycles. The van der Waals surface area contributed by atoms with E-state index < -0.39 is 6.04 Å². The van der Waals surface area contributed by atoms with Gasteiger partial charge in [-0.05, 0) is 48.4 Å². The molecular weight excluding hydrogens is 464 g/mol. The molecule has 0 bridgehead atoms. The van der Waals surface area contributed by atoms with Crippen LogP contribution in [0.25, 0.3) is 22.1 Å². The van der Waals surface area contributed by atoms with Crippen LogP contribution in [0.5, 0.6) is 0 Å². The lowest BCUT2D eigenvalue weighted by Crippen LogP contribution is -2.30. The van der Waals surface area contributed by atoms with Crippen molar-refractivity contribution < 1.29 is 4.79 Å². The van der Waals surface area contributed by atoms with Gasteiger partial charge >= 0.3 is 6.03 Å². The molecule has 2 amide bonds. The van der Waals surface area contributed by atoms with E-state index in [2.05, 4.69) is 40.4 Å². The Balaban J connectivity index is 1.28. The first-order chi connectivity index (χ1) is 17.2. The lowest BCUT2D eigenvalue weighted by Gasteiger charge is -2.24. The van der Waals surface area contributed by atoms with Crippen LogP contribution in [0.3, 0.4) is 0 Å². The molecule has 0 spiro atoms. The molecule has 0 saturated carbocycles. The molecule has 2 aromatic heterocycles. The Morgan fingerprint density at radius 1 is 1.11 bits per heavy atom. The maximum absolute atomic E-state index is 13.3. The van der Waals surface area contributed by atoms with Crippen molar-refractivity contribution >= 4 is 51.3 Å². The molecule has 2 unspecified atom stereocenters. The molecule has 2 aliphatic heterocycles. The second-order valence-electron chi connectivity index (χ2n) is 8.40. The minimum absolute atomic E-state index is 0.0659. The number of aromatic nitrogens is 4. The van der Waals surface area contributed by atoms with E-state index in [1.165, 1.54) is 0 Å². The van der Waals surface area contributed by atoms with Gasteiger partial charge in [0.1, 0.15) is 29.6 Å². The fourth-order valence-electron chi connectivity index (χ4n) is 4.65.